The fraction of sp³-hybridized carbons (Fsp3) is 0.0698. The first kappa shape index (κ1) is 25.9. The third-order valence-electron chi connectivity index (χ3n) is 10.0. The molecule has 0 saturated carbocycles. The van der Waals surface area contributed by atoms with Gasteiger partial charge in [-0.3, -0.25) is 0 Å². The van der Waals surface area contributed by atoms with E-state index in [0.29, 0.717) is 0 Å². The lowest BCUT2D eigenvalue weighted by atomic mass is 9.82. The van der Waals surface area contributed by atoms with Gasteiger partial charge in [0.15, 0.2) is 0 Å². The number of thiophene rings is 1. The second-order valence-electron chi connectivity index (χ2n) is 13.0. The van der Waals surface area contributed by atoms with Gasteiger partial charge in [-0.15, -0.1) is 11.3 Å². The number of hydrogen-bond acceptors (Lipinski definition) is 3. The normalized spacial score (nSPS) is 13.6. The molecule has 0 bridgehead atoms. The third-order valence-corrected chi connectivity index (χ3v) is 11.2. The number of fused-ring (bicyclic) bond motifs is 11. The number of hydrogen-bond donors (Lipinski definition) is 0. The Morgan fingerprint density at radius 3 is 2.13 bits per heavy atom. The first-order valence-corrected chi connectivity index (χ1v) is 16.7. The summed E-state index contributed by atoms with van der Waals surface area (Å²) in [5.74, 6) is 0. The van der Waals surface area contributed by atoms with Crippen LogP contribution in [0.25, 0.3) is 64.0 Å². The quantitative estimate of drug-likeness (QED) is 0.199. The van der Waals surface area contributed by atoms with Crippen LogP contribution in [0.3, 0.4) is 0 Å². The van der Waals surface area contributed by atoms with Crippen LogP contribution in [-0.4, -0.2) is 0 Å². The van der Waals surface area contributed by atoms with Gasteiger partial charge in [0.2, 0.25) is 0 Å². The maximum absolute atomic E-state index is 6.22. The Bertz CT molecular complexity index is 2690. The minimum Gasteiger partial charge on any atom is -0.456 e. The number of para-hydroxylation sites is 1. The molecule has 0 radical (unpaired) electrons. The van der Waals surface area contributed by atoms with Gasteiger partial charge in [0.05, 0.1) is 0 Å². The van der Waals surface area contributed by atoms with Crippen molar-refractivity contribution in [2.24, 2.45) is 0 Å². The molecule has 0 unspecified atom stereocenters. The molecule has 3 heteroatoms. The number of rotatable bonds is 3. The van der Waals surface area contributed by atoms with E-state index in [9.17, 15) is 0 Å². The third kappa shape index (κ3) is 3.58. The standard InChI is InChI=1S/C43H29NOS/c1-43(2)36-12-6-3-9-31(36)32-20-17-29(25-37(32)43)44(28-18-22-41-35(24-28)33-10-5-8-14-40(33)46-41)27-16-19-30-26(23-27)15-21-39-42(30)34-11-4-7-13-38(34)45-39/h3-25H,1-2H3. The predicted octanol–water partition coefficient (Wildman–Crippen LogP) is 12.9. The molecule has 7 aromatic carbocycles. The van der Waals surface area contributed by atoms with Gasteiger partial charge in [-0.25, -0.2) is 0 Å². The van der Waals surface area contributed by atoms with E-state index in [1.54, 1.807) is 0 Å². The Morgan fingerprint density at radius 1 is 0.500 bits per heavy atom. The zero-order chi connectivity index (χ0) is 30.6. The Morgan fingerprint density at radius 2 is 1.20 bits per heavy atom. The van der Waals surface area contributed by atoms with Crippen molar-refractivity contribution in [2.45, 2.75) is 19.3 Å². The average Bonchev–Trinajstić information content (AvgIpc) is 3.73. The maximum Gasteiger partial charge on any atom is 0.136 e. The van der Waals surface area contributed by atoms with Crippen LogP contribution in [0.4, 0.5) is 17.1 Å². The van der Waals surface area contributed by atoms with Crippen LogP contribution < -0.4 is 4.90 Å². The minimum absolute atomic E-state index is 0.0849. The van der Waals surface area contributed by atoms with E-state index >= 15 is 0 Å². The van der Waals surface area contributed by atoms with Gasteiger partial charge in [0.25, 0.3) is 0 Å². The fourth-order valence-corrected chi connectivity index (χ4v) is 8.90. The molecule has 2 aromatic heterocycles. The monoisotopic (exact) mass is 607 g/mol. The number of furan rings is 1. The molecule has 0 aliphatic heterocycles. The van der Waals surface area contributed by atoms with Gasteiger partial charge in [-0.2, -0.15) is 0 Å². The van der Waals surface area contributed by atoms with E-state index in [4.69, 9.17) is 4.42 Å². The van der Waals surface area contributed by atoms with E-state index in [1.807, 2.05) is 17.4 Å². The van der Waals surface area contributed by atoms with Crippen molar-refractivity contribution in [1.82, 2.24) is 0 Å². The number of benzene rings is 7. The summed E-state index contributed by atoms with van der Waals surface area (Å²) in [4.78, 5) is 2.43. The lowest BCUT2D eigenvalue weighted by molar-refractivity contribution is 0.660. The lowest BCUT2D eigenvalue weighted by Crippen LogP contribution is -2.16. The first-order valence-electron chi connectivity index (χ1n) is 15.8. The maximum atomic E-state index is 6.22. The minimum atomic E-state index is -0.0849. The van der Waals surface area contributed by atoms with Gasteiger partial charge in [-0.1, -0.05) is 92.7 Å². The van der Waals surface area contributed by atoms with Crippen LogP contribution in [-0.2, 0) is 5.41 Å². The van der Waals surface area contributed by atoms with Crippen molar-refractivity contribution >= 4 is 81.3 Å². The van der Waals surface area contributed by atoms with Crippen molar-refractivity contribution in [3.8, 4) is 11.1 Å². The van der Waals surface area contributed by atoms with E-state index in [2.05, 4.69) is 152 Å². The van der Waals surface area contributed by atoms with E-state index in [-0.39, 0.29) is 5.41 Å². The highest BCUT2D eigenvalue weighted by Crippen LogP contribution is 2.51. The summed E-state index contributed by atoms with van der Waals surface area (Å²) in [7, 11) is 0. The van der Waals surface area contributed by atoms with Crippen molar-refractivity contribution in [3.63, 3.8) is 0 Å². The molecule has 46 heavy (non-hydrogen) atoms. The molecule has 0 fully saturated rings. The van der Waals surface area contributed by atoms with Crippen LogP contribution in [0.5, 0.6) is 0 Å². The molecule has 2 nitrogen and oxygen atoms in total. The lowest BCUT2D eigenvalue weighted by Gasteiger charge is -2.28. The molecular formula is C43H29NOS. The molecule has 1 aliphatic carbocycles. The molecule has 0 N–H and O–H groups in total. The van der Waals surface area contributed by atoms with Crippen LogP contribution in [0, 0.1) is 0 Å². The molecule has 218 valence electrons. The molecule has 1 aliphatic rings. The summed E-state index contributed by atoms with van der Waals surface area (Å²) >= 11 is 1.86. The van der Waals surface area contributed by atoms with Gasteiger partial charge in [0.1, 0.15) is 11.2 Å². The van der Waals surface area contributed by atoms with E-state index < -0.39 is 0 Å². The van der Waals surface area contributed by atoms with E-state index in [1.165, 1.54) is 58.6 Å². The largest absolute Gasteiger partial charge is 0.456 e. The second-order valence-corrected chi connectivity index (χ2v) is 14.0. The summed E-state index contributed by atoms with van der Waals surface area (Å²) < 4.78 is 8.85. The van der Waals surface area contributed by atoms with Crippen molar-refractivity contribution in [1.29, 1.82) is 0 Å². The summed E-state index contributed by atoms with van der Waals surface area (Å²) in [6, 6.07) is 51.1. The molecule has 0 saturated heterocycles. The van der Waals surface area contributed by atoms with E-state index in [0.717, 1.165) is 33.6 Å². The van der Waals surface area contributed by atoms with Crippen LogP contribution in [0.1, 0.15) is 25.0 Å². The highest BCUT2D eigenvalue weighted by atomic mass is 32.1. The molecule has 0 spiro atoms. The van der Waals surface area contributed by atoms with Gasteiger partial charge in [-0.05, 0) is 93.7 Å². The Kier molecular flexibility index (Phi) is 5.25. The second kappa shape index (κ2) is 9.32. The molecule has 9 aromatic rings. The summed E-state index contributed by atoms with van der Waals surface area (Å²) in [6.45, 7) is 4.71. The molecular weight excluding hydrogens is 579 g/mol. The highest BCUT2D eigenvalue weighted by molar-refractivity contribution is 7.25. The van der Waals surface area contributed by atoms with Gasteiger partial charge < -0.3 is 9.32 Å². The number of nitrogens with zero attached hydrogens (tertiary/aromatic N) is 1. The smallest absolute Gasteiger partial charge is 0.136 e. The molecule has 0 amide bonds. The highest BCUT2D eigenvalue weighted by Gasteiger charge is 2.35. The SMILES string of the molecule is CC1(C)c2ccccc2-c2ccc(N(c3ccc4c(ccc5oc6ccccc6c54)c3)c3ccc4sc5ccccc5c4c3)cc21. The first-order chi connectivity index (χ1) is 22.5. The summed E-state index contributed by atoms with van der Waals surface area (Å²) in [5.41, 5.74) is 10.6. The zero-order valence-electron chi connectivity index (χ0n) is 25.5. The topological polar surface area (TPSA) is 16.4 Å². The van der Waals surface area contributed by atoms with Gasteiger partial charge >= 0.3 is 0 Å². The Hall–Kier alpha value is -5.38. The molecule has 2 heterocycles. The zero-order valence-corrected chi connectivity index (χ0v) is 26.4. The molecule has 0 atom stereocenters. The van der Waals surface area contributed by atoms with Crippen molar-refractivity contribution in [3.05, 3.63) is 151 Å². The van der Waals surface area contributed by atoms with Gasteiger partial charge in [0, 0.05) is 53.4 Å². The fourth-order valence-electron chi connectivity index (χ4n) is 7.81. The molecule has 10 rings (SSSR count). The van der Waals surface area contributed by atoms with Crippen molar-refractivity contribution < 1.29 is 4.42 Å². The summed E-state index contributed by atoms with van der Waals surface area (Å²) in [5, 5.41) is 7.33. The van der Waals surface area contributed by atoms with Crippen LogP contribution >= 0.6 is 11.3 Å². The Balaban J connectivity index is 1.21. The number of anilines is 3. The van der Waals surface area contributed by atoms with Crippen LogP contribution in [0.15, 0.2) is 144 Å². The van der Waals surface area contributed by atoms with Crippen molar-refractivity contribution in [2.75, 3.05) is 4.90 Å². The predicted molar refractivity (Wildman–Crippen MR) is 196 cm³/mol. The summed E-state index contributed by atoms with van der Waals surface area (Å²) in [6.07, 6.45) is 0. The average molecular weight is 608 g/mol. The van der Waals surface area contributed by atoms with Crippen LogP contribution in [0.2, 0.25) is 0 Å². The Labute approximate surface area is 270 Å².